The van der Waals surface area contributed by atoms with Gasteiger partial charge >= 0.3 is 0 Å². The van der Waals surface area contributed by atoms with Gasteiger partial charge in [0.1, 0.15) is 5.82 Å². The molecule has 0 aliphatic carbocycles. The molecule has 3 nitrogen and oxygen atoms in total. The maximum atomic E-state index is 12.8. The Labute approximate surface area is 120 Å². The summed E-state index contributed by atoms with van der Waals surface area (Å²) in [7, 11) is 0. The highest BCUT2D eigenvalue weighted by Gasteiger charge is 2.24. The van der Waals surface area contributed by atoms with E-state index in [0.29, 0.717) is 12.5 Å². The molecular weight excluding hydrogens is 257 g/mol. The van der Waals surface area contributed by atoms with Crippen LogP contribution >= 0.6 is 0 Å². The number of hydrogen-bond acceptors (Lipinski definition) is 3. The number of aliphatic hydroxyl groups is 2. The first-order valence-corrected chi connectivity index (χ1v) is 7.49. The fourth-order valence-corrected chi connectivity index (χ4v) is 2.98. The molecule has 1 aromatic carbocycles. The van der Waals surface area contributed by atoms with Crippen molar-refractivity contribution in [3.8, 4) is 0 Å². The van der Waals surface area contributed by atoms with Gasteiger partial charge in [0.05, 0.1) is 6.10 Å². The quantitative estimate of drug-likeness (QED) is 0.807. The maximum Gasteiger partial charge on any atom is 0.123 e. The summed E-state index contributed by atoms with van der Waals surface area (Å²) in [6.07, 6.45) is 4.40. The third kappa shape index (κ3) is 4.27. The summed E-state index contributed by atoms with van der Waals surface area (Å²) >= 11 is 0. The van der Waals surface area contributed by atoms with E-state index >= 15 is 0 Å². The van der Waals surface area contributed by atoms with Gasteiger partial charge in [-0.15, -0.1) is 0 Å². The smallest absolute Gasteiger partial charge is 0.123 e. The zero-order valence-corrected chi connectivity index (χ0v) is 11.8. The summed E-state index contributed by atoms with van der Waals surface area (Å²) in [5, 5.41) is 19.1. The average molecular weight is 281 g/mol. The van der Waals surface area contributed by atoms with E-state index in [1.807, 2.05) is 0 Å². The highest BCUT2D eigenvalue weighted by Crippen LogP contribution is 2.24. The molecule has 0 radical (unpaired) electrons. The van der Waals surface area contributed by atoms with E-state index in [9.17, 15) is 9.50 Å². The van der Waals surface area contributed by atoms with Crippen LogP contribution in [0, 0.1) is 5.82 Å². The Hall–Kier alpha value is -0.970. The lowest BCUT2D eigenvalue weighted by atomic mass is 10.1. The molecule has 0 amide bonds. The SMILES string of the molecule is OCCCC1CCCN1CCC(O)c1ccc(F)cc1. The molecule has 20 heavy (non-hydrogen) atoms. The Morgan fingerprint density at radius 2 is 2.05 bits per heavy atom. The standard InChI is InChI=1S/C16H24FNO2/c17-14-7-5-13(6-8-14)16(20)9-11-18-10-1-3-15(18)4-2-12-19/h5-8,15-16,19-20H,1-4,9-12H2. The lowest BCUT2D eigenvalue weighted by Gasteiger charge is -2.25. The van der Waals surface area contributed by atoms with Crippen molar-refractivity contribution in [2.45, 2.75) is 44.2 Å². The van der Waals surface area contributed by atoms with E-state index in [-0.39, 0.29) is 12.4 Å². The van der Waals surface area contributed by atoms with E-state index in [2.05, 4.69) is 4.90 Å². The fourth-order valence-electron chi connectivity index (χ4n) is 2.98. The van der Waals surface area contributed by atoms with Crippen molar-refractivity contribution in [3.05, 3.63) is 35.6 Å². The zero-order valence-electron chi connectivity index (χ0n) is 11.8. The number of likely N-dealkylation sites (tertiary alicyclic amines) is 1. The van der Waals surface area contributed by atoms with Gasteiger partial charge in [-0.2, -0.15) is 0 Å². The molecule has 0 bridgehead atoms. The zero-order chi connectivity index (χ0) is 14.4. The summed E-state index contributed by atoms with van der Waals surface area (Å²) < 4.78 is 12.8. The maximum absolute atomic E-state index is 12.8. The van der Waals surface area contributed by atoms with Gasteiger partial charge in [-0.25, -0.2) is 4.39 Å². The third-order valence-electron chi connectivity index (χ3n) is 4.14. The highest BCUT2D eigenvalue weighted by molar-refractivity contribution is 5.18. The molecule has 0 spiro atoms. The van der Waals surface area contributed by atoms with Crippen LogP contribution in [0.25, 0.3) is 0 Å². The molecule has 1 aromatic rings. The topological polar surface area (TPSA) is 43.7 Å². The van der Waals surface area contributed by atoms with Crippen LogP contribution in [-0.2, 0) is 0 Å². The van der Waals surface area contributed by atoms with Crippen molar-refractivity contribution < 1.29 is 14.6 Å². The van der Waals surface area contributed by atoms with E-state index in [4.69, 9.17) is 5.11 Å². The van der Waals surface area contributed by atoms with Gasteiger partial charge in [0.25, 0.3) is 0 Å². The lowest BCUT2D eigenvalue weighted by molar-refractivity contribution is 0.133. The van der Waals surface area contributed by atoms with E-state index < -0.39 is 6.10 Å². The van der Waals surface area contributed by atoms with E-state index in [1.165, 1.54) is 25.0 Å². The van der Waals surface area contributed by atoms with Crippen LogP contribution in [0.5, 0.6) is 0 Å². The normalized spacial score (nSPS) is 21.2. The lowest BCUT2D eigenvalue weighted by Crippen LogP contribution is -2.31. The largest absolute Gasteiger partial charge is 0.396 e. The Morgan fingerprint density at radius 1 is 1.30 bits per heavy atom. The molecule has 0 aromatic heterocycles. The summed E-state index contributed by atoms with van der Waals surface area (Å²) in [5.41, 5.74) is 0.775. The highest BCUT2D eigenvalue weighted by atomic mass is 19.1. The molecule has 1 aliphatic rings. The van der Waals surface area contributed by atoms with Gasteiger partial charge in [-0.05, 0) is 56.3 Å². The van der Waals surface area contributed by atoms with Gasteiger partial charge < -0.3 is 15.1 Å². The van der Waals surface area contributed by atoms with Gasteiger partial charge in [-0.1, -0.05) is 12.1 Å². The summed E-state index contributed by atoms with van der Waals surface area (Å²) in [6, 6.07) is 6.61. The summed E-state index contributed by atoms with van der Waals surface area (Å²) in [4.78, 5) is 2.41. The average Bonchev–Trinajstić information content (AvgIpc) is 2.90. The van der Waals surface area contributed by atoms with Crippen molar-refractivity contribution in [3.63, 3.8) is 0 Å². The number of benzene rings is 1. The molecule has 1 fully saturated rings. The molecule has 2 atom stereocenters. The fraction of sp³-hybridized carbons (Fsp3) is 0.625. The van der Waals surface area contributed by atoms with Crippen molar-refractivity contribution >= 4 is 0 Å². The Kier molecular flexibility index (Phi) is 5.95. The number of rotatable bonds is 7. The molecule has 0 saturated carbocycles. The van der Waals surface area contributed by atoms with E-state index in [0.717, 1.165) is 31.5 Å². The molecular formula is C16H24FNO2. The molecule has 4 heteroatoms. The third-order valence-corrected chi connectivity index (χ3v) is 4.14. The Balaban J connectivity index is 1.80. The Morgan fingerprint density at radius 3 is 2.75 bits per heavy atom. The first kappa shape index (κ1) is 15.4. The van der Waals surface area contributed by atoms with Crippen LogP contribution in [0.2, 0.25) is 0 Å². The molecule has 2 unspecified atom stereocenters. The van der Waals surface area contributed by atoms with Crippen LogP contribution in [0.1, 0.15) is 43.8 Å². The van der Waals surface area contributed by atoms with Gasteiger partial charge in [0.15, 0.2) is 0 Å². The van der Waals surface area contributed by atoms with E-state index in [1.54, 1.807) is 12.1 Å². The number of hydrogen-bond donors (Lipinski definition) is 2. The molecule has 2 rings (SSSR count). The second-order valence-electron chi connectivity index (χ2n) is 5.55. The van der Waals surface area contributed by atoms with Crippen LogP contribution in [0.4, 0.5) is 4.39 Å². The molecule has 2 N–H and O–H groups in total. The van der Waals surface area contributed by atoms with Gasteiger partial charge in [0, 0.05) is 19.2 Å². The second kappa shape index (κ2) is 7.72. The molecule has 1 heterocycles. The minimum atomic E-state index is -0.533. The van der Waals surface area contributed by atoms with Crippen molar-refractivity contribution in [1.82, 2.24) is 4.90 Å². The number of aliphatic hydroxyl groups excluding tert-OH is 2. The van der Waals surface area contributed by atoms with Crippen LogP contribution in [-0.4, -0.2) is 40.9 Å². The van der Waals surface area contributed by atoms with Crippen LogP contribution < -0.4 is 0 Å². The first-order valence-electron chi connectivity index (χ1n) is 7.49. The van der Waals surface area contributed by atoms with Crippen molar-refractivity contribution in [1.29, 1.82) is 0 Å². The van der Waals surface area contributed by atoms with Crippen molar-refractivity contribution in [2.75, 3.05) is 19.7 Å². The second-order valence-corrected chi connectivity index (χ2v) is 5.55. The molecule has 1 aliphatic heterocycles. The first-order chi connectivity index (χ1) is 9.70. The minimum absolute atomic E-state index is 0.253. The van der Waals surface area contributed by atoms with Crippen LogP contribution in [0.3, 0.4) is 0 Å². The number of nitrogens with zero attached hydrogens (tertiary/aromatic N) is 1. The Bertz CT molecular complexity index is 396. The number of halogens is 1. The van der Waals surface area contributed by atoms with Crippen molar-refractivity contribution in [2.24, 2.45) is 0 Å². The van der Waals surface area contributed by atoms with Gasteiger partial charge in [-0.3, -0.25) is 0 Å². The predicted octanol–water partition coefficient (Wildman–Crippen LogP) is 2.49. The van der Waals surface area contributed by atoms with Crippen LogP contribution in [0.15, 0.2) is 24.3 Å². The summed E-state index contributed by atoms with van der Waals surface area (Å²) in [6.45, 7) is 2.18. The summed E-state index contributed by atoms with van der Waals surface area (Å²) in [5.74, 6) is -0.274. The molecule has 1 saturated heterocycles. The van der Waals surface area contributed by atoms with Gasteiger partial charge in [0.2, 0.25) is 0 Å². The monoisotopic (exact) mass is 281 g/mol. The minimum Gasteiger partial charge on any atom is -0.396 e. The predicted molar refractivity (Wildman–Crippen MR) is 76.9 cm³/mol. The molecule has 112 valence electrons.